The summed E-state index contributed by atoms with van der Waals surface area (Å²) >= 11 is 1.71. The second-order valence-corrected chi connectivity index (χ2v) is 4.71. The fourth-order valence-corrected chi connectivity index (χ4v) is 2.41. The van der Waals surface area contributed by atoms with Gasteiger partial charge in [-0.05, 0) is 24.8 Å². The standard InChI is InChI=1S/C14H24O2S/c1-4-7-13(9-6-11-16-3)14(8-5-2)17-12-10-15/h4,7-8,15H,1,5-6,9-12H2,2-3H3/b13-7+,14-8-. The van der Waals surface area contributed by atoms with Gasteiger partial charge in [0.2, 0.25) is 0 Å². The maximum absolute atomic E-state index is 8.90. The molecule has 0 aliphatic rings. The Morgan fingerprint density at radius 2 is 2.24 bits per heavy atom. The van der Waals surface area contributed by atoms with Gasteiger partial charge in [-0.15, -0.1) is 11.8 Å². The van der Waals surface area contributed by atoms with Crippen LogP contribution in [0.2, 0.25) is 0 Å². The van der Waals surface area contributed by atoms with E-state index < -0.39 is 0 Å². The lowest BCUT2D eigenvalue weighted by atomic mass is 10.1. The SMILES string of the molecule is C=C/C=C(CCCOC)/C(=C/CC)SCCO. The molecule has 0 saturated heterocycles. The molecule has 0 bridgehead atoms. The number of aliphatic hydroxyl groups excluding tert-OH is 1. The third kappa shape index (κ3) is 8.25. The van der Waals surface area contributed by atoms with E-state index in [2.05, 4.69) is 25.7 Å². The van der Waals surface area contributed by atoms with Crippen LogP contribution in [-0.2, 0) is 4.74 Å². The number of ether oxygens (including phenoxy) is 1. The van der Waals surface area contributed by atoms with Crippen molar-refractivity contribution < 1.29 is 9.84 Å². The number of hydrogen-bond acceptors (Lipinski definition) is 3. The molecule has 0 spiro atoms. The van der Waals surface area contributed by atoms with Crippen LogP contribution in [0.3, 0.4) is 0 Å². The number of thioether (sulfide) groups is 1. The highest BCUT2D eigenvalue weighted by Crippen LogP contribution is 2.27. The monoisotopic (exact) mass is 256 g/mol. The van der Waals surface area contributed by atoms with E-state index in [-0.39, 0.29) is 6.61 Å². The molecule has 0 unspecified atom stereocenters. The van der Waals surface area contributed by atoms with Crippen molar-refractivity contribution >= 4 is 11.8 Å². The summed E-state index contributed by atoms with van der Waals surface area (Å²) in [6, 6.07) is 0. The van der Waals surface area contributed by atoms with Gasteiger partial charge in [-0.3, -0.25) is 0 Å². The maximum atomic E-state index is 8.90. The molecule has 0 heterocycles. The van der Waals surface area contributed by atoms with Crippen LogP contribution in [0.1, 0.15) is 26.2 Å². The zero-order chi connectivity index (χ0) is 12.9. The highest BCUT2D eigenvalue weighted by atomic mass is 32.2. The minimum atomic E-state index is 0.213. The van der Waals surface area contributed by atoms with Crippen molar-refractivity contribution in [3.8, 4) is 0 Å². The summed E-state index contributed by atoms with van der Waals surface area (Å²) in [7, 11) is 1.72. The summed E-state index contributed by atoms with van der Waals surface area (Å²) in [5, 5.41) is 8.90. The molecule has 0 aliphatic heterocycles. The van der Waals surface area contributed by atoms with Crippen LogP contribution in [-0.4, -0.2) is 31.2 Å². The lowest BCUT2D eigenvalue weighted by Crippen LogP contribution is -1.95. The molecule has 1 N–H and O–H groups in total. The Hall–Kier alpha value is -0.510. The molecule has 0 amide bonds. The fourth-order valence-electron chi connectivity index (χ4n) is 1.46. The first-order chi connectivity index (χ1) is 8.29. The second-order valence-electron chi connectivity index (χ2n) is 3.57. The molecule has 0 aromatic rings. The number of hydrogen-bond donors (Lipinski definition) is 1. The van der Waals surface area contributed by atoms with E-state index in [1.165, 1.54) is 10.5 Å². The molecule has 0 fully saturated rings. The van der Waals surface area contributed by atoms with Crippen molar-refractivity contribution in [3.05, 3.63) is 35.3 Å². The number of allylic oxidation sites excluding steroid dienone is 4. The van der Waals surface area contributed by atoms with Crippen molar-refractivity contribution in [2.75, 3.05) is 26.1 Å². The summed E-state index contributed by atoms with van der Waals surface area (Å²) < 4.78 is 5.07. The molecular weight excluding hydrogens is 232 g/mol. The van der Waals surface area contributed by atoms with E-state index in [9.17, 15) is 0 Å². The van der Waals surface area contributed by atoms with Crippen molar-refractivity contribution in [3.63, 3.8) is 0 Å². The third-order valence-electron chi connectivity index (χ3n) is 2.17. The summed E-state index contributed by atoms with van der Waals surface area (Å²) in [4.78, 5) is 1.26. The minimum absolute atomic E-state index is 0.213. The van der Waals surface area contributed by atoms with Gasteiger partial charge >= 0.3 is 0 Å². The van der Waals surface area contributed by atoms with E-state index in [1.54, 1.807) is 18.9 Å². The maximum Gasteiger partial charge on any atom is 0.0525 e. The minimum Gasteiger partial charge on any atom is -0.396 e. The summed E-state index contributed by atoms with van der Waals surface area (Å²) in [5.41, 5.74) is 1.29. The number of rotatable bonds is 10. The van der Waals surface area contributed by atoms with Crippen LogP contribution in [0.25, 0.3) is 0 Å². The van der Waals surface area contributed by atoms with E-state index >= 15 is 0 Å². The topological polar surface area (TPSA) is 29.5 Å². The lowest BCUT2D eigenvalue weighted by molar-refractivity contribution is 0.195. The van der Waals surface area contributed by atoms with Gasteiger partial charge in [-0.2, -0.15) is 0 Å². The van der Waals surface area contributed by atoms with Gasteiger partial charge < -0.3 is 9.84 Å². The van der Waals surface area contributed by atoms with Gasteiger partial charge in [-0.1, -0.05) is 31.7 Å². The number of methoxy groups -OCH3 is 1. The average molecular weight is 256 g/mol. The second kappa shape index (κ2) is 12.0. The average Bonchev–Trinajstić information content (AvgIpc) is 2.34. The Balaban J connectivity index is 4.54. The Morgan fingerprint density at radius 1 is 1.47 bits per heavy atom. The van der Waals surface area contributed by atoms with Crippen LogP contribution in [0.15, 0.2) is 35.3 Å². The zero-order valence-corrected chi connectivity index (χ0v) is 11.8. The van der Waals surface area contributed by atoms with Gasteiger partial charge in [0.05, 0.1) is 6.61 Å². The zero-order valence-electron chi connectivity index (χ0n) is 10.9. The van der Waals surface area contributed by atoms with Crippen LogP contribution in [0, 0.1) is 0 Å². The van der Waals surface area contributed by atoms with Crippen LogP contribution in [0.5, 0.6) is 0 Å². The first-order valence-electron chi connectivity index (χ1n) is 6.04. The Kier molecular flexibility index (Phi) is 11.6. The van der Waals surface area contributed by atoms with Crippen molar-refractivity contribution in [1.29, 1.82) is 0 Å². The van der Waals surface area contributed by atoms with Crippen LogP contribution >= 0.6 is 11.8 Å². The van der Waals surface area contributed by atoms with Crippen molar-refractivity contribution in [1.82, 2.24) is 0 Å². The molecule has 0 saturated carbocycles. The summed E-state index contributed by atoms with van der Waals surface area (Å²) in [6.07, 6.45) is 9.10. The quantitative estimate of drug-likeness (QED) is 0.479. The fraction of sp³-hybridized carbons (Fsp3) is 0.571. The molecule has 2 nitrogen and oxygen atoms in total. The largest absolute Gasteiger partial charge is 0.396 e. The van der Waals surface area contributed by atoms with Crippen molar-refractivity contribution in [2.24, 2.45) is 0 Å². The predicted molar refractivity (Wildman–Crippen MR) is 77.3 cm³/mol. The van der Waals surface area contributed by atoms with Gasteiger partial charge in [0, 0.05) is 24.4 Å². The third-order valence-corrected chi connectivity index (χ3v) is 3.30. The van der Waals surface area contributed by atoms with E-state index in [4.69, 9.17) is 9.84 Å². The highest BCUT2D eigenvalue weighted by molar-refractivity contribution is 8.03. The normalized spacial score (nSPS) is 12.9. The molecule has 98 valence electrons. The van der Waals surface area contributed by atoms with Gasteiger partial charge in [0.1, 0.15) is 0 Å². The Bertz CT molecular complexity index is 257. The molecule has 0 atom stereocenters. The van der Waals surface area contributed by atoms with Crippen molar-refractivity contribution in [2.45, 2.75) is 26.2 Å². The Labute approximate surface area is 109 Å². The van der Waals surface area contributed by atoms with E-state index in [0.29, 0.717) is 0 Å². The van der Waals surface area contributed by atoms with Crippen LogP contribution in [0.4, 0.5) is 0 Å². The molecule has 0 radical (unpaired) electrons. The van der Waals surface area contributed by atoms with E-state index in [0.717, 1.165) is 31.6 Å². The Morgan fingerprint density at radius 3 is 2.76 bits per heavy atom. The first kappa shape index (κ1) is 16.5. The van der Waals surface area contributed by atoms with Gasteiger partial charge in [0.15, 0.2) is 0 Å². The van der Waals surface area contributed by atoms with Gasteiger partial charge in [0.25, 0.3) is 0 Å². The number of aliphatic hydroxyl groups is 1. The molecule has 3 heteroatoms. The molecule has 17 heavy (non-hydrogen) atoms. The predicted octanol–water partition coefficient (Wildman–Crippen LogP) is 3.54. The molecule has 0 aliphatic carbocycles. The highest BCUT2D eigenvalue weighted by Gasteiger charge is 2.05. The molecule has 0 rings (SSSR count). The lowest BCUT2D eigenvalue weighted by Gasteiger charge is -2.11. The summed E-state index contributed by atoms with van der Waals surface area (Å²) in [5.74, 6) is 0.741. The first-order valence-corrected chi connectivity index (χ1v) is 7.03. The molecule has 0 aromatic carbocycles. The van der Waals surface area contributed by atoms with Crippen LogP contribution < -0.4 is 0 Å². The van der Waals surface area contributed by atoms with E-state index in [1.807, 2.05) is 6.08 Å². The molecular formula is C14H24O2S. The molecule has 0 aromatic heterocycles. The van der Waals surface area contributed by atoms with Gasteiger partial charge in [-0.25, -0.2) is 0 Å². The smallest absolute Gasteiger partial charge is 0.0525 e. The summed E-state index contributed by atoms with van der Waals surface area (Å²) in [6.45, 7) is 6.87.